The highest BCUT2D eigenvalue weighted by atomic mass is 16.6. The number of rotatable bonds is 4. The quantitative estimate of drug-likeness (QED) is 0.839. The van der Waals surface area contributed by atoms with Crippen molar-refractivity contribution >= 4 is 11.6 Å². The molecule has 7 heteroatoms. The summed E-state index contributed by atoms with van der Waals surface area (Å²) in [4.78, 5) is 35.6. The third-order valence-corrected chi connectivity index (χ3v) is 3.33. The number of nitrogens with one attached hydrogen (secondary N) is 2. The average Bonchev–Trinajstić information content (AvgIpc) is 3.19. The summed E-state index contributed by atoms with van der Waals surface area (Å²) < 4.78 is 0. The van der Waals surface area contributed by atoms with Crippen molar-refractivity contribution in [2.45, 2.75) is 38.2 Å². The number of carbonyl (C=O) groups excluding carboxylic acids is 1. The van der Waals surface area contributed by atoms with E-state index >= 15 is 0 Å². The number of oxime groups is 1. The molecule has 0 radical (unpaired) electrons. The van der Waals surface area contributed by atoms with Gasteiger partial charge in [-0.2, -0.15) is 0 Å². The van der Waals surface area contributed by atoms with Crippen molar-refractivity contribution < 1.29 is 9.63 Å². The minimum absolute atomic E-state index is 0.135. The van der Waals surface area contributed by atoms with Crippen LogP contribution in [0.5, 0.6) is 0 Å². The minimum Gasteiger partial charge on any atom is -0.390 e. The third-order valence-electron chi connectivity index (χ3n) is 3.33. The molecule has 106 valence electrons. The van der Waals surface area contributed by atoms with Gasteiger partial charge in [0.15, 0.2) is 0 Å². The van der Waals surface area contributed by atoms with Gasteiger partial charge >= 0.3 is 0 Å². The second kappa shape index (κ2) is 5.07. The predicted octanol–water partition coefficient (Wildman–Crippen LogP) is 0.542. The van der Waals surface area contributed by atoms with Gasteiger partial charge in [-0.1, -0.05) is 5.16 Å². The van der Waals surface area contributed by atoms with Crippen molar-refractivity contribution in [1.82, 2.24) is 15.3 Å². The van der Waals surface area contributed by atoms with Crippen molar-refractivity contribution in [3.8, 4) is 0 Å². The van der Waals surface area contributed by atoms with Gasteiger partial charge < -0.3 is 15.1 Å². The highest BCUT2D eigenvalue weighted by molar-refractivity contribution is 5.92. The zero-order valence-corrected chi connectivity index (χ0v) is 11.2. The Morgan fingerprint density at radius 2 is 2.35 bits per heavy atom. The Balaban J connectivity index is 1.63. The van der Waals surface area contributed by atoms with Crippen molar-refractivity contribution in [3.63, 3.8) is 0 Å². The highest BCUT2D eigenvalue weighted by Gasteiger charge is 2.27. The number of nitrogens with zero attached hydrogens (tertiary/aromatic N) is 2. The van der Waals surface area contributed by atoms with Gasteiger partial charge in [-0.15, -0.1) is 0 Å². The first kappa shape index (κ1) is 12.8. The van der Waals surface area contributed by atoms with Crippen molar-refractivity contribution in [3.05, 3.63) is 27.9 Å². The molecule has 7 nitrogen and oxygen atoms in total. The largest absolute Gasteiger partial charge is 0.390 e. The molecule has 1 amide bonds. The van der Waals surface area contributed by atoms with E-state index < -0.39 is 0 Å². The molecule has 1 aliphatic heterocycles. The fraction of sp³-hybridized carbons (Fsp3) is 0.538. The standard InChI is InChI=1S/C13H16N4O3/c1-7-4-9(20-17-7)6-14-13(19)10-5-11(18)16-12(15-10)8-2-3-8/h5,8-9H,2-4,6H2,1H3,(H,14,19)(H,15,16,18). The number of hydrogen-bond donors (Lipinski definition) is 2. The molecular weight excluding hydrogens is 260 g/mol. The molecule has 2 aliphatic rings. The fourth-order valence-corrected chi connectivity index (χ4v) is 2.12. The smallest absolute Gasteiger partial charge is 0.270 e. The van der Waals surface area contributed by atoms with E-state index in [1.807, 2.05) is 6.92 Å². The molecule has 0 aromatic carbocycles. The molecular formula is C13H16N4O3. The van der Waals surface area contributed by atoms with Gasteiger partial charge in [0, 0.05) is 18.4 Å². The van der Waals surface area contributed by atoms with Crippen LogP contribution in [0.2, 0.25) is 0 Å². The molecule has 0 saturated heterocycles. The SMILES string of the molecule is CC1=NOC(CNC(=O)c2cc(=O)[nH]c(C3CC3)n2)C1. The fourth-order valence-electron chi connectivity index (χ4n) is 2.12. The Bertz CT molecular complexity index is 618. The average molecular weight is 276 g/mol. The van der Waals surface area contributed by atoms with Gasteiger partial charge in [0.2, 0.25) is 0 Å². The first-order valence-corrected chi connectivity index (χ1v) is 6.70. The van der Waals surface area contributed by atoms with Crippen LogP contribution in [0.15, 0.2) is 16.0 Å². The Morgan fingerprint density at radius 1 is 1.55 bits per heavy atom. The second-order valence-corrected chi connectivity index (χ2v) is 5.26. The Hall–Kier alpha value is -2.18. The lowest BCUT2D eigenvalue weighted by Crippen LogP contribution is -2.33. The number of carbonyl (C=O) groups is 1. The van der Waals surface area contributed by atoms with Crippen LogP contribution in [0.25, 0.3) is 0 Å². The van der Waals surface area contributed by atoms with Crippen LogP contribution >= 0.6 is 0 Å². The third kappa shape index (κ3) is 2.87. The lowest BCUT2D eigenvalue weighted by molar-refractivity contribution is 0.0751. The van der Waals surface area contributed by atoms with E-state index in [4.69, 9.17) is 4.84 Å². The van der Waals surface area contributed by atoms with E-state index in [1.54, 1.807) is 0 Å². The van der Waals surface area contributed by atoms with Gasteiger partial charge in [-0.25, -0.2) is 4.98 Å². The molecule has 1 fully saturated rings. The molecule has 0 bridgehead atoms. The Kier molecular flexibility index (Phi) is 3.25. The van der Waals surface area contributed by atoms with Crippen molar-refractivity contribution in [1.29, 1.82) is 0 Å². The number of aromatic amines is 1. The van der Waals surface area contributed by atoms with Crippen LogP contribution in [0.3, 0.4) is 0 Å². The molecule has 0 spiro atoms. The summed E-state index contributed by atoms with van der Waals surface area (Å²) in [5.41, 5.74) is 0.782. The molecule has 20 heavy (non-hydrogen) atoms. The summed E-state index contributed by atoms with van der Waals surface area (Å²) in [6, 6.07) is 1.22. The molecule has 2 N–H and O–H groups in total. The molecule has 2 heterocycles. The van der Waals surface area contributed by atoms with E-state index in [-0.39, 0.29) is 23.3 Å². The second-order valence-electron chi connectivity index (χ2n) is 5.26. The number of H-pyrrole nitrogens is 1. The molecule has 1 aromatic heterocycles. The summed E-state index contributed by atoms with van der Waals surface area (Å²) in [7, 11) is 0. The maximum atomic E-state index is 12.0. The van der Waals surface area contributed by atoms with Crippen LogP contribution in [0.4, 0.5) is 0 Å². The van der Waals surface area contributed by atoms with Crippen LogP contribution < -0.4 is 10.9 Å². The van der Waals surface area contributed by atoms with Crippen LogP contribution in [-0.4, -0.2) is 34.2 Å². The lowest BCUT2D eigenvalue weighted by Gasteiger charge is -2.09. The van der Waals surface area contributed by atoms with Gasteiger partial charge in [0.25, 0.3) is 11.5 Å². The molecule has 1 aliphatic carbocycles. The van der Waals surface area contributed by atoms with E-state index in [0.29, 0.717) is 24.7 Å². The van der Waals surface area contributed by atoms with E-state index in [0.717, 1.165) is 18.6 Å². The molecule has 1 unspecified atom stereocenters. The number of aromatic nitrogens is 2. The van der Waals surface area contributed by atoms with Gasteiger partial charge in [0.05, 0.1) is 12.3 Å². The number of hydrogen-bond acceptors (Lipinski definition) is 5. The maximum absolute atomic E-state index is 12.0. The maximum Gasteiger partial charge on any atom is 0.270 e. The van der Waals surface area contributed by atoms with Crippen LogP contribution in [-0.2, 0) is 4.84 Å². The van der Waals surface area contributed by atoms with Crippen molar-refractivity contribution in [2.75, 3.05) is 6.54 Å². The Morgan fingerprint density at radius 3 is 3.00 bits per heavy atom. The summed E-state index contributed by atoms with van der Waals surface area (Å²) in [6.45, 7) is 2.23. The number of amides is 1. The predicted molar refractivity (Wildman–Crippen MR) is 71.8 cm³/mol. The summed E-state index contributed by atoms with van der Waals surface area (Å²) in [5, 5.41) is 6.55. The van der Waals surface area contributed by atoms with E-state index in [1.165, 1.54) is 6.07 Å². The summed E-state index contributed by atoms with van der Waals surface area (Å²) >= 11 is 0. The lowest BCUT2D eigenvalue weighted by atomic mass is 10.2. The van der Waals surface area contributed by atoms with Gasteiger partial charge in [-0.3, -0.25) is 9.59 Å². The first-order chi connectivity index (χ1) is 9.61. The van der Waals surface area contributed by atoms with Gasteiger partial charge in [-0.05, 0) is 19.8 Å². The summed E-state index contributed by atoms with van der Waals surface area (Å²) in [5.74, 6) is 0.551. The zero-order valence-electron chi connectivity index (χ0n) is 11.2. The summed E-state index contributed by atoms with van der Waals surface area (Å²) in [6.07, 6.45) is 2.60. The minimum atomic E-state index is -0.355. The Labute approximate surface area is 115 Å². The molecule has 1 aromatic rings. The van der Waals surface area contributed by atoms with E-state index in [9.17, 15) is 9.59 Å². The normalized spacial score (nSPS) is 21.2. The van der Waals surface area contributed by atoms with Gasteiger partial charge in [0.1, 0.15) is 17.6 Å². The molecule has 1 saturated carbocycles. The van der Waals surface area contributed by atoms with Crippen LogP contribution in [0, 0.1) is 0 Å². The molecule has 1 atom stereocenters. The van der Waals surface area contributed by atoms with E-state index in [2.05, 4.69) is 20.4 Å². The first-order valence-electron chi connectivity index (χ1n) is 6.70. The van der Waals surface area contributed by atoms with Crippen LogP contribution in [0.1, 0.15) is 48.4 Å². The van der Waals surface area contributed by atoms with Crippen molar-refractivity contribution in [2.24, 2.45) is 5.16 Å². The monoisotopic (exact) mass is 276 g/mol. The highest BCUT2D eigenvalue weighted by Crippen LogP contribution is 2.37. The topological polar surface area (TPSA) is 96.4 Å². The molecule has 3 rings (SSSR count). The zero-order chi connectivity index (χ0) is 14.1.